The molecule has 0 fully saturated rings. The van der Waals surface area contributed by atoms with Crippen molar-refractivity contribution >= 4 is 27.7 Å². The summed E-state index contributed by atoms with van der Waals surface area (Å²) in [6, 6.07) is 19.1. The van der Waals surface area contributed by atoms with Gasteiger partial charge in [-0.2, -0.15) is 0 Å². The van der Waals surface area contributed by atoms with Crippen molar-refractivity contribution in [3.63, 3.8) is 0 Å². The first-order chi connectivity index (χ1) is 17.2. The first-order valence-corrected chi connectivity index (χ1v) is 11.1. The number of carbonyl (C=O) groups excluding carboxylic acids is 1. The highest BCUT2D eigenvalue weighted by Crippen LogP contribution is 2.25. The number of methoxy groups -OCH3 is 1. The molecule has 1 aromatic heterocycles. The molecule has 1 atom stereocenters. The molecule has 3 aromatic carbocycles. The minimum atomic E-state index is -4.76. The Bertz CT molecular complexity index is 1310. The van der Waals surface area contributed by atoms with Crippen molar-refractivity contribution in [3.8, 4) is 22.8 Å². The third kappa shape index (κ3) is 6.61. The van der Waals surface area contributed by atoms with Gasteiger partial charge in [0.1, 0.15) is 12.1 Å². The van der Waals surface area contributed by atoms with Gasteiger partial charge in [-0.3, -0.25) is 5.32 Å². The van der Waals surface area contributed by atoms with Crippen molar-refractivity contribution in [2.75, 3.05) is 12.4 Å². The van der Waals surface area contributed by atoms with E-state index in [-0.39, 0.29) is 5.75 Å². The predicted octanol–water partition coefficient (Wildman–Crippen LogP) is 6.49. The maximum Gasteiger partial charge on any atom is 0.573 e. The van der Waals surface area contributed by atoms with Crippen LogP contribution >= 0.6 is 15.9 Å². The number of hydrogen-bond acceptors (Lipinski definition) is 6. The number of aromatic nitrogens is 3. The van der Waals surface area contributed by atoms with Crippen LogP contribution in [0.5, 0.6) is 5.75 Å². The van der Waals surface area contributed by atoms with Crippen LogP contribution in [0.2, 0.25) is 0 Å². The average molecular weight is 563 g/mol. The SMILES string of the molecule is COC(OC(=O)Nc1ccc(-c2ncn(-c3ccc(OC(F)(F)F)cc3)n2)cc1)c1ccc(Br)cc1. The van der Waals surface area contributed by atoms with E-state index in [0.29, 0.717) is 28.3 Å². The summed E-state index contributed by atoms with van der Waals surface area (Å²) >= 11 is 3.35. The smallest absolute Gasteiger partial charge is 0.415 e. The van der Waals surface area contributed by atoms with Crippen LogP contribution in [0.1, 0.15) is 11.9 Å². The number of rotatable bonds is 7. The van der Waals surface area contributed by atoms with Crippen LogP contribution in [0.3, 0.4) is 0 Å². The molecular weight excluding hydrogens is 545 g/mol. The van der Waals surface area contributed by atoms with E-state index >= 15 is 0 Å². The minimum Gasteiger partial charge on any atom is -0.415 e. The second-order valence-electron chi connectivity index (χ2n) is 7.28. The molecule has 1 amide bonds. The minimum absolute atomic E-state index is 0.332. The Morgan fingerprint density at radius 2 is 1.67 bits per heavy atom. The highest BCUT2D eigenvalue weighted by molar-refractivity contribution is 9.10. The maximum absolute atomic E-state index is 12.3. The van der Waals surface area contributed by atoms with E-state index in [1.807, 2.05) is 12.1 Å². The molecule has 0 radical (unpaired) electrons. The number of halogens is 4. The Morgan fingerprint density at radius 1 is 1.00 bits per heavy atom. The molecule has 0 aliphatic rings. The molecule has 4 aromatic rings. The molecule has 0 aliphatic carbocycles. The van der Waals surface area contributed by atoms with Crippen molar-refractivity contribution in [3.05, 3.63) is 89.2 Å². The molecule has 1 N–H and O–H groups in total. The quantitative estimate of drug-likeness (QED) is 0.259. The normalized spacial score (nSPS) is 12.1. The monoisotopic (exact) mass is 562 g/mol. The lowest BCUT2D eigenvalue weighted by molar-refractivity contribution is -0.274. The molecule has 1 heterocycles. The van der Waals surface area contributed by atoms with Crippen LogP contribution in [0.4, 0.5) is 23.7 Å². The molecule has 0 saturated carbocycles. The second-order valence-corrected chi connectivity index (χ2v) is 8.20. The zero-order chi connectivity index (χ0) is 25.7. The summed E-state index contributed by atoms with van der Waals surface area (Å²) < 4.78 is 53.7. The molecule has 4 rings (SSSR count). The summed E-state index contributed by atoms with van der Waals surface area (Å²) in [5, 5.41) is 6.98. The van der Waals surface area contributed by atoms with Gasteiger partial charge in [-0.25, -0.2) is 14.5 Å². The number of ether oxygens (including phenoxy) is 3. The van der Waals surface area contributed by atoms with Gasteiger partial charge in [0.05, 0.1) is 5.69 Å². The van der Waals surface area contributed by atoms with Crippen molar-refractivity contribution in [2.24, 2.45) is 0 Å². The van der Waals surface area contributed by atoms with E-state index in [2.05, 4.69) is 36.1 Å². The van der Waals surface area contributed by atoms with Gasteiger partial charge in [0, 0.05) is 28.4 Å². The lowest BCUT2D eigenvalue weighted by Gasteiger charge is -2.17. The summed E-state index contributed by atoms with van der Waals surface area (Å²) in [6.45, 7) is 0. The molecule has 0 bridgehead atoms. The molecule has 0 aliphatic heterocycles. The maximum atomic E-state index is 12.3. The van der Waals surface area contributed by atoms with Gasteiger partial charge >= 0.3 is 12.5 Å². The Balaban J connectivity index is 1.38. The molecule has 8 nitrogen and oxygen atoms in total. The molecule has 1 unspecified atom stereocenters. The molecule has 186 valence electrons. The van der Waals surface area contributed by atoms with Crippen molar-refractivity contribution in [2.45, 2.75) is 12.7 Å². The first kappa shape index (κ1) is 25.2. The van der Waals surface area contributed by atoms with Gasteiger partial charge in [0.15, 0.2) is 5.82 Å². The highest BCUT2D eigenvalue weighted by atomic mass is 79.9. The number of anilines is 1. The predicted molar refractivity (Wildman–Crippen MR) is 127 cm³/mol. The third-order valence-corrected chi connectivity index (χ3v) is 5.32. The van der Waals surface area contributed by atoms with Crippen LogP contribution < -0.4 is 10.1 Å². The topological polar surface area (TPSA) is 87.5 Å². The van der Waals surface area contributed by atoms with Gasteiger partial charge in [0.25, 0.3) is 0 Å². The number of benzene rings is 3. The van der Waals surface area contributed by atoms with Crippen LogP contribution in [0, 0.1) is 0 Å². The summed E-state index contributed by atoms with van der Waals surface area (Å²) in [5.74, 6) is 0.0521. The number of nitrogens with one attached hydrogen (secondary N) is 1. The number of nitrogens with zero attached hydrogens (tertiary/aromatic N) is 3. The van der Waals surface area contributed by atoms with Gasteiger partial charge < -0.3 is 14.2 Å². The van der Waals surface area contributed by atoms with Crippen LogP contribution in [0.15, 0.2) is 83.6 Å². The lowest BCUT2D eigenvalue weighted by atomic mass is 10.2. The molecule has 0 saturated heterocycles. The molecular formula is C24H18BrF3N4O4. The summed E-state index contributed by atoms with van der Waals surface area (Å²) in [6.07, 6.45) is -4.89. The fourth-order valence-electron chi connectivity index (χ4n) is 3.14. The summed E-state index contributed by atoms with van der Waals surface area (Å²) in [7, 11) is 1.44. The third-order valence-electron chi connectivity index (χ3n) is 4.79. The van der Waals surface area contributed by atoms with Crippen molar-refractivity contribution < 1.29 is 32.2 Å². The Kier molecular flexibility index (Phi) is 7.55. The Morgan fingerprint density at radius 3 is 2.28 bits per heavy atom. The number of amides is 1. The van der Waals surface area contributed by atoms with Gasteiger partial charge in [-0.15, -0.1) is 18.3 Å². The zero-order valence-electron chi connectivity index (χ0n) is 18.6. The van der Waals surface area contributed by atoms with E-state index in [4.69, 9.17) is 9.47 Å². The van der Waals surface area contributed by atoms with Crippen molar-refractivity contribution in [1.29, 1.82) is 0 Å². The molecule has 0 spiro atoms. The fourth-order valence-corrected chi connectivity index (χ4v) is 3.40. The molecule has 36 heavy (non-hydrogen) atoms. The largest absolute Gasteiger partial charge is 0.573 e. The van der Waals surface area contributed by atoms with E-state index in [0.717, 1.165) is 4.47 Å². The van der Waals surface area contributed by atoms with Crippen molar-refractivity contribution in [1.82, 2.24) is 14.8 Å². The number of alkyl halides is 3. The van der Waals surface area contributed by atoms with E-state index in [9.17, 15) is 18.0 Å². The first-order valence-electron chi connectivity index (χ1n) is 10.3. The Hall–Kier alpha value is -3.90. The van der Waals surface area contributed by atoms with Gasteiger partial charge in [0.2, 0.25) is 6.29 Å². The zero-order valence-corrected chi connectivity index (χ0v) is 20.2. The molecule has 12 heteroatoms. The average Bonchev–Trinajstić information content (AvgIpc) is 3.33. The van der Waals surface area contributed by atoms with E-state index in [1.54, 1.807) is 36.4 Å². The second kappa shape index (κ2) is 10.8. The summed E-state index contributed by atoms with van der Waals surface area (Å²) in [4.78, 5) is 16.6. The lowest BCUT2D eigenvalue weighted by Crippen LogP contribution is -2.18. The van der Waals surface area contributed by atoms with Gasteiger partial charge in [-0.05, 0) is 60.7 Å². The van der Waals surface area contributed by atoms with Crippen LogP contribution in [-0.4, -0.2) is 34.3 Å². The number of carbonyl (C=O) groups is 1. The Labute approximate surface area is 211 Å². The summed E-state index contributed by atoms with van der Waals surface area (Å²) in [5.41, 5.74) is 2.32. The van der Waals surface area contributed by atoms with Gasteiger partial charge in [-0.1, -0.05) is 28.1 Å². The standard InChI is InChI=1S/C24H18BrF3N4O4/c1-34-22(16-2-6-17(25)7-3-16)35-23(33)30-18-8-4-15(5-9-18)21-29-14-32(31-21)19-10-12-20(13-11-19)36-24(26,27)28/h2-14,22H,1H3,(H,30,33). The highest BCUT2D eigenvalue weighted by Gasteiger charge is 2.31. The van der Waals surface area contributed by atoms with E-state index in [1.165, 1.54) is 42.4 Å². The van der Waals surface area contributed by atoms with Crippen LogP contribution in [0.25, 0.3) is 17.1 Å². The van der Waals surface area contributed by atoms with E-state index < -0.39 is 18.7 Å². The number of hydrogen-bond donors (Lipinski definition) is 1. The fraction of sp³-hybridized carbons (Fsp3) is 0.125. The van der Waals surface area contributed by atoms with Crippen LogP contribution in [-0.2, 0) is 9.47 Å².